The van der Waals surface area contributed by atoms with E-state index in [0.717, 1.165) is 29.6 Å². The van der Waals surface area contributed by atoms with E-state index in [1.54, 1.807) is 0 Å². The van der Waals surface area contributed by atoms with E-state index in [0.29, 0.717) is 6.54 Å². The number of carboxylic acid groups (broad SMARTS) is 1. The van der Waals surface area contributed by atoms with Crippen LogP contribution in [0, 0.1) is 0 Å². The van der Waals surface area contributed by atoms with Gasteiger partial charge in [0, 0.05) is 18.6 Å². The molecular weight excluding hydrogens is 337 g/mol. The molecule has 1 aromatic carbocycles. The zero-order valence-corrected chi connectivity index (χ0v) is 14.1. The van der Waals surface area contributed by atoms with Gasteiger partial charge in [-0.15, -0.1) is 0 Å². The summed E-state index contributed by atoms with van der Waals surface area (Å²) in [4.78, 5) is 10.8. The molecule has 5 nitrogen and oxygen atoms in total. The van der Waals surface area contributed by atoms with Gasteiger partial charge in [0.1, 0.15) is 4.90 Å². The third-order valence-electron chi connectivity index (χ3n) is 3.00. The van der Waals surface area contributed by atoms with E-state index < -0.39 is 16.0 Å². The molecule has 1 rings (SSSR count). The number of unbranched alkanes of at least 4 members (excludes halogenated alkanes) is 2. The topological polar surface area (TPSA) is 74.7 Å². The second kappa shape index (κ2) is 7.45. The highest BCUT2D eigenvalue weighted by Crippen LogP contribution is 2.31. The van der Waals surface area contributed by atoms with Crippen LogP contribution in [0.1, 0.15) is 36.5 Å². The SMILES string of the molecule is CCCCCN(C)S(=O)(=O)c1cc(Cl)cc(C(=O)O)c1Cl. The Labute approximate surface area is 134 Å². The first-order valence-electron chi connectivity index (χ1n) is 6.40. The Morgan fingerprint density at radius 3 is 2.43 bits per heavy atom. The zero-order valence-electron chi connectivity index (χ0n) is 11.8. The van der Waals surface area contributed by atoms with E-state index in [-0.39, 0.29) is 20.5 Å². The average molecular weight is 354 g/mol. The molecule has 0 saturated heterocycles. The third kappa shape index (κ3) is 4.32. The molecule has 0 aliphatic carbocycles. The number of hydrogen-bond acceptors (Lipinski definition) is 3. The van der Waals surface area contributed by atoms with Crippen LogP contribution in [0.4, 0.5) is 0 Å². The number of benzene rings is 1. The number of carboxylic acids is 1. The highest BCUT2D eigenvalue weighted by Gasteiger charge is 2.27. The fraction of sp³-hybridized carbons (Fsp3) is 0.462. The van der Waals surface area contributed by atoms with Crippen LogP contribution >= 0.6 is 23.2 Å². The van der Waals surface area contributed by atoms with Crippen LogP contribution in [0.25, 0.3) is 0 Å². The summed E-state index contributed by atoms with van der Waals surface area (Å²) in [6.45, 7) is 2.35. The van der Waals surface area contributed by atoms with E-state index in [2.05, 4.69) is 0 Å². The summed E-state index contributed by atoms with van der Waals surface area (Å²) in [7, 11) is -2.44. The minimum absolute atomic E-state index is 0.0114. The summed E-state index contributed by atoms with van der Waals surface area (Å²) in [5, 5.41) is 8.73. The summed E-state index contributed by atoms with van der Waals surface area (Å²) in [6, 6.07) is 2.30. The van der Waals surface area contributed by atoms with E-state index in [4.69, 9.17) is 28.3 Å². The standard InChI is InChI=1S/C13H17Cl2NO4S/c1-3-4-5-6-16(2)21(19,20)11-8-9(14)7-10(12(11)15)13(17)18/h7-8H,3-6H2,1-2H3,(H,17,18). The number of nitrogens with zero attached hydrogens (tertiary/aromatic N) is 1. The Balaban J connectivity index is 3.22. The quantitative estimate of drug-likeness (QED) is 0.761. The first kappa shape index (κ1) is 18.2. The molecule has 1 aromatic rings. The highest BCUT2D eigenvalue weighted by molar-refractivity contribution is 7.89. The smallest absolute Gasteiger partial charge is 0.337 e. The Morgan fingerprint density at radius 2 is 1.90 bits per heavy atom. The van der Waals surface area contributed by atoms with Crippen LogP contribution in [-0.2, 0) is 10.0 Å². The van der Waals surface area contributed by atoms with Crippen molar-refractivity contribution in [3.05, 3.63) is 27.7 Å². The second-order valence-electron chi connectivity index (χ2n) is 4.60. The first-order chi connectivity index (χ1) is 9.71. The van der Waals surface area contributed by atoms with Gasteiger partial charge in [-0.1, -0.05) is 43.0 Å². The zero-order chi connectivity index (χ0) is 16.2. The van der Waals surface area contributed by atoms with Gasteiger partial charge in [0.15, 0.2) is 0 Å². The predicted molar refractivity (Wildman–Crippen MR) is 82.8 cm³/mol. The number of halogens is 2. The van der Waals surface area contributed by atoms with Crippen LogP contribution in [-0.4, -0.2) is 37.4 Å². The molecule has 21 heavy (non-hydrogen) atoms. The molecule has 0 radical (unpaired) electrons. The van der Waals surface area contributed by atoms with Crippen molar-refractivity contribution in [3.63, 3.8) is 0 Å². The lowest BCUT2D eigenvalue weighted by molar-refractivity contribution is 0.0697. The van der Waals surface area contributed by atoms with Crippen molar-refractivity contribution in [2.75, 3.05) is 13.6 Å². The minimum Gasteiger partial charge on any atom is -0.478 e. The molecule has 8 heteroatoms. The molecule has 0 aromatic heterocycles. The Morgan fingerprint density at radius 1 is 1.29 bits per heavy atom. The maximum atomic E-state index is 12.5. The number of rotatable bonds is 7. The molecule has 0 amide bonds. The van der Waals surface area contributed by atoms with Crippen molar-refractivity contribution in [3.8, 4) is 0 Å². The number of aromatic carboxylic acids is 1. The second-order valence-corrected chi connectivity index (χ2v) is 7.43. The molecule has 0 spiro atoms. The molecule has 0 atom stereocenters. The van der Waals surface area contributed by atoms with Gasteiger partial charge >= 0.3 is 5.97 Å². The van der Waals surface area contributed by atoms with Crippen LogP contribution in [0.5, 0.6) is 0 Å². The summed E-state index contributed by atoms with van der Waals surface area (Å²) >= 11 is 11.7. The lowest BCUT2D eigenvalue weighted by Crippen LogP contribution is -2.28. The molecular formula is C13H17Cl2NO4S. The van der Waals surface area contributed by atoms with E-state index in [1.165, 1.54) is 13.1 Å². The molecule has 0 saturated carbocycles. The van der Waals surface area contributed by atoms with Crippen LogP contribution < -0.4 is 0 Å². The van der Waals surface area contributed by atoms with Gasteiger partial charge in [-0.3, -0.25) is 0 Å². The van der Waals surface area contributed by atoms with Gasteiger partial charge in [-0.05, 0) is 18.6 Å². The maximum Gasteiger partial charge on any atom is 0.337 e. The van der Waals surface area contributed by atoms with Crippen LogP contribution in [0.15, 0.2) is 17.0 Å². The molecule has 1 N–H and O–H groups in total. The largest absolute Gasteiger partial charge is 0.478 e. The summed E-state index contributed by atoms with van der Waals surface area (Å²) < 4.78 is 26.1. The van der Waals surface area contributed by atoms with Crippen molar-refractivity contribution in [1.29, 1.82) is 0 Å². The summed E-state index contributed by atoms with van der Waals surface area (Å²) in [5.74, 6) is -1.33. The summed E-state index contributed by atoms with van der Waals surface area (Å²) in [5.41, 5.74) is -0.329. The Bertz CT molecular complexity index is 631. The van der Waals surface area contributed by atoms with Gasteiger partial charge in [0.05, 0.1) is 10.6 Å². The van der Waals surface area contributed by atoms with Gasteiger partial charge in [-0.2, -0.15) is 0 Å². The van der Waals surface area contributed by atoms with Crippen molar-refractivity contribution < 1.29 is 18.3 Å². The number of hydrogen-bond donors (Lipinski definition) is 1. The molecule has 0 fully saturated rings. The lowest BCUT2D eigenvalue weighted by atomic mass is 10.2. The van der Waals surface area contributed by atoms with Gasteiger partial charge in [0.25, 0.3) is 0 Å². The predicted octanol–water partition coefficient (Wildman–Crippen LogP) is 3.50. The fourth-order valence-electron chi connectivity index (χ4n) is 1.78. The van der Waals surface area contributed by atoms with Crippen LogP contribution in [0.3, 0.4) is 0 Å². The molecule has 0 heterocycles. The molecule has 0 aliphatic heterocycles. The van der Waals surface area contributed by atoms with Crippen molar-refractivity contribution in [2.45, 2.75) is 31.1 Å². The van der Waals surface area contributed by atoms with Gasteiger partial charge < -0.3 is 5.11 Å². The third-order valence-corrected chi connectivity index (χ3v) is 5.62. The van der Waals surface area contributed by atoms with E-state index in [9.17, 15) is 13.2 Å². The first-order valence-corrected chi connectivity index (χ1v) is 8.60. The maximum absolute atomic E-state index is 12.5. The molecule has 0 unspecified atom stereocenters. The van der Waals surface area contributed by atoms with Crippen LogP contribution in [0.2, 0.25) is 10.0 Å². The number of sulfonamides is 1. The molecule has 0 aliphatic rings. The molecule has 118 valence electrons. The fourth-order valence-corrected chi connectivity index (χ4v) is 3.86. The monoisotopic (exact) mass is 353 g/mol. The van der Waals surface area contributed by atoms with Gasteiger partial charge in [-0.25, -0.2) is 17.5 Å². The molecule has 0 bridgehead atoms. The average Bonchev–Trinajstić information content (AvgIpc) is 2.40. The Hall–Kier alpha value is -0.820. The normalized spacial score (nSPS) is 11.9. The van der Waals surface area contributed by atoms with E-state index in [1.807, 2.05) is 6.92 Å². The number of carbonyl (C=O) groups is 1. The summed E-state index contributed by atoms with van der Waals surface area (Å²) in [6.07, 6.45) is 2.59. The lowest BCUT2D eigenvalue weighted by Gasteiger charge is -2.18. The Kier molecular flexibility index (Phi) is 6.46. The van der Waals surface area contributed by atoms with E-state index >= 15 is 0 Å². The van der Waals surface area contributed by atoms with Crippen molar-refractivity contribution >= 4 is 39.2 Å². The van der Waals surface area contributed by atoms with Gasteiger partial charge in [0.2, 0.25) is 10.0 Å². The minimum atomic E-state index is -3.88. The van der Waals surface area contributed by atoms with Crippen molar-refractivity contribution in [1.82, 2.24) is 4.31 Å². The highest BCUT2D eigenvalue weighted by atomic mass is 35.5. The van der Waals surface area contributed by atoms with Crippen molar-refractivity contribution in [2.24, 2.45) is 0 Å².